The maximum atomic E-state index is 13.3. The van der Waals surface area contributed by atoms with Crippen molar-refractivity contribution in [2.24, 2.45) is 0 Å². The SMILES string of the molecule is Cc1ccccc1COc1ccc(/C(O)=C2\C(=O)C(=O)N(CCCN3CCOCC3)[C@@H]2c2cccc(O)c2)cc1. The highest BCUT2D eigenvalue weighted by molar-refractivity contribution is 6.46. The van der Waals surface area contributed by atoms with E-state index in [0.717, 1.165) is 30.8 Å². The first kappa shape index (κ1) is 27.4. The summed E-state index contributed by atoms with van der Waals surface area (Å²) in [5, 5.41) is 21.5. The fraction of sp³-hybridized carbons (Fsp3) is 0.312. The number of aliphatic hydroxyl groups excluding tert-OH is 1. The van der Waals surface area contributed by atoms with E-state index in [2.05, 4.69) is 4.90 Å². The number of Topliss-reactive ketones (excluding diaryl/α,β-unsaturated/α-hetero) is 1. The van der Waals surface area contributed by atoms with Gasteiger partial charge in [0.25, 0.3) is 11.7 Å². The maximum Gasteiger partial charge on any atom is 0.295 e. The number of nitrogens with zero attached hydrogens (tertiary/aromatic N) is 2. The first-order valence-corrected chi connectivity index (χ1v) is 13.6. The average Bonchev–Trinajstić information content (AvgIpc) is 3.22. The van der Waals surface area contributed by atoms with Crippen LogP contribution in [-0.2, 0) is 20.9 Å². The molecule has 2 aliphatic rings. The van der Waals surface area contributed by atoms with Gasteiger partial charge in [-0.3, -0.25) is 14.5 Å². The molecule has 3 aromatic carbocycles. The number of hydrogen-bond acceptors (Lipinski definition) is 7. The molecule has 8 heteroatoms. The van der Waals surface area contributed by atoms with Crippen molar-refractivity contribution in [2.45, 2.75) is 26.0 Å². The molecule has 2 fully saturated rings. The molecule has 0 radical (unpaired) electrons. The number of benzene rings is 3. The number of phenolic OH excluding ortho intramolecular Hbond substituents is 1. The Kier molecular flexibility index (Phi) is 8.48. The van der Waals surface area contributed by atoms with Crippen LogP contribution in [0, 0.1) is 6.92 Å². The normalized spacial score (nSPS) is 19.2. The van der Waals surface area contributed by atoms with Crippen LogP contribution in [0.2, 0.25) is 0 Å². The van der Waals surface area contributed by atoms with Gasteiger partial charge >= 0.3 is 0 Å². The summed E-state index contributed by atoms with van der Waals surface area (Å²) in [4.78, 5) is 30.3. The zero-order valence-corrected chi connectivity index (χ0v) is 22.6. The summed E-state index contributed by atoms with van der Waals surface area (Å²) in [6.07, 6.45) is 0.662. The number of phenols is 1. The Labute approximate surface area is 234 Å². The molecule has 2 heterocycles. The number of ether oxygens (including phenoxy) is 2. The van der Waals surface area contributed by atoms with Crippen molar-refractivity contribution in [1.29, 1.82) is 0 Å². The molecule has 0 aromatic heterocycles. The van der Waals surface area contributed by atoms with Gasteiger partial charge in [-0.1, -0.05) is 36.4 Å². The molecule has 0 unspecified atom stereocenters. The third kappa shape index (κ3) is 6.03. The highest BCUT2D eigenvalue weighted by Crippen LogP contribution is 2.40. The van der Waals surface area contributed by atoms with Gasteiger partial charge in [0.05, 0.1) is 24.8 Å². The van der Waals surface area contributed by atoms with E-state index in [-0.39, 0.29) is 17.1 Å². The van der Waals surface area contributed by atoms with Crippen LogP contribution in [-0.4, -0.2) is 71.1 Å². The Morgan fingerprint density at radius 3 is 2.45 bits per heavy atom. The maximum absolute atomic E-state index is 13.3. The minimum absolute atomic E-state index is 0.00977. The van der Waals surface area contributed by atoms with Crippen molar-refractivity contribution in [3.8, 4) is 11.5 Å². The average molecular weight is 543 g/mol. The van der Waals surface area contributed by atoms with Gasteiger partial charge in [-0.05, 0) is 66.4 Å². The zero-order valence-electron chi connectivity index (χ0n) is 22.6. The van der Waals surface area contributed by atoms with Crippen molar-refractivity contribution >= 4 is 17.4 Å². The number of rotatable bonds is 9. The summed E-state index contributed by atoms with van der Waals surface area (Å²) in [6, 6.07) is 20.5. The van der Waals surface area contributed by atoms with Gasteiger partial charge in [-0.15, -0.1) is 0 Å². The number of aliphatic hydroxyl groups is 1. The van der Waals surface area contributed by atoms with Gasteiger partial charge in [0.1, 0.15) is 23.9 Å². The molecule has 3 aromatic rings. The first-order chi connectivity index (χ1) is 19.4. The minimum atomic E-state index is -0.811. The second kappa shape index (κ2) is 12.4. The minimum Gasteiger partial charge on any atom is -0.508 e. The molecule has 0 bridgehead atoms. The van der Waals surface area contributed by atoms with Crippen molar-refractivity contribution in [3.63, 3.8) is 0 Å². The molecule has 0 saturated carbocycles. The standard InChI is InChI=1S/C32H34N2O6/c1-22-6-2-3-7-25(22)21-40-27-12-10-23(11-13-27)30(36)28-29(24-8-4-9-26(35)20-24)34(32(38)31(28)37)15-5-14-33-16-18-39-19-17-33/h2-4,6-13,20,29,35-36H,5,14-19,21H2,1H3/b30-28+/t29-/m1/s1. The quantitative estimate of drug-likeness (QED) is 0.235. The van der Waals surface area contributed by atoms with Gasteiger partial charge in [-0.25, -0.2) is 0 Å². The van der Waals surface area contributed by atoms with Gasteiger partial charge < -0.3 is 24.6 Å². The van der Waals surface area contributed by atoms with E-state index in [1.54, 1.807) is 36.4 Å². The third-order valence-electron chi connectivity index (χ3n) is 7.49. The monoisotopic (exact) mass is 542 g/mol. The van der Waals surface area contributed by atoms with Crippen molar-refractivity contribution in [1.82, 2.24) is 9.80 Å². The van der Waals surface area contributed by atoms with Gasteiger partial charge in [-0.2, -0.15) is 0 Å². The van der Waals surface area contributed by atoms with Crippen molar-refractivity contribution < 1.29 is 29.3 Å². The van der Waals surface area contributed by atoms with Crippen LogP contribution in [0.15, 0.2) is 78.4 Å². The Balaban J connectivity index is 1.39. The summed E-state index contributed by atoms with van der Waals surface area (Å²) in [5.41, 5.74) is 3.19. The summed E-state index contributed by atoms with van der Waals surface area (Å²) >= 11 is 0. The number of hydrogen-bond donors (Lipinski definition) is 2. The van der Waals surface area contributed by atoms with E-state index >= 15 is 0 Å². The predicted molar refractivity (Wildman–Crippen MR) is 151 cm³/mol. The molecule has 1 amide bonds. The third-order valence-corrected chi connectivity index (χ3v) is 7.49. The molecule has 2 N–H and O–H groups in total. The van der Waals surface area contributed by atoms with Crippen LogP contribution in [0.25, 0.3) is 5.76 Å². The number of carbonyl (C=O) groups excluding carboxylic acids is 2. The smallest absolute Gasteiger partial charge is 0.295 e. The lowest BCUT2D eigenvalue weighted by atomic mass is 9.95. The van der Waals surface area contributed by atoms with E-state index in [0.29, 0.717) is 49.7 Å². The molecule has 0 spiro atoms. The Morgan fingerprint density at radius 2 is 1.73 bits per heavy atom. The fourth-order valence-electron chi connectivity index (χ4n) is 5.24. The second-order valence-corrected chi connectivity index (χ2v) is 10.1. The highest BCUT2D eigenvalue weighted by Gasteiger charge is 2.45. The lowest BCUT2D eigenvalue weighted by molar-refractivity contribution is -0.140. The lowest BCUT2D eigenvalue weighted by Gasteiger charge is -2.29. The number of ketones is 1. The fourth-order valence-corrected chi connectivity index (χ4v) is 5.24. The second-order valence-electron chi connectivity index (χ2n) is 10.1. The Bertz CT molecular complexity index is 1390. The lowest BCUT2D eigenvalue weighted by Crippen LogP contribution is -2.38. The van der Waals surface area contributed by atoms with E-state index in [4.69, 9.17) is 9.47 Å². The number of carbonyl (C=O) groups is 2. The summed E-state index contributed by atoms with van der Waals surface area (Å²) in [7, 11) is 0. The number of aryl methyl sites for hydroxylation is 1. The van der Waals surface area contributed by atoms with E-state index in [9.17, 15) is 19.8 Å². The molecular formula is C32H34N2O6. The molecule has 5 rings (SSSR count). The topological polar surface area (TPSA) is 99.5 Å². The molecule has 2 aliphatic heterocycles. The van der Waals surface area contributed by atoms with E-state index in [1.165, 1.54) is 17.0 Å². The van der Waals surface area contributed by atoms with Crippen LogP contribution >= 0.6 is 0 Å². The molecular weight excluding hydrogens is 508 g/mol. The summed E-state index contributed by atoms with van der Waals surface area (Å²) in [6.45, 7) is 6.58. The predicted octanol–water partition coefficient (Wildman–Crippen LogP) is 4.42. The van der Waals surface area contributed by atoms with Gasteiger partial charge in [0.15, 0.2) is 0 Å². The van der Waals surface area contributed by atoms with E-state index in [1.807, 2.05) is 31.2 Å². The number of amides is 1. The van der Waals surface area contributed by atoms with Gasteiger partial charge in [0, 0.05) is 31.7 Å². The number of morpholine rings is 1. The molecule has 208 valence electrons. The Morgan fingerprint density at radius 1 is 0.975 bits per heavy atom. The number of aromatic hydroxyl groups is 1. The van der Waals surface area contributed by atoms with Crippen molar-refractivity contribution in [3.05, 3.63) is 101 Å². The van der Waals surface area contributed by atoms with Crippen LogP contribution in [0.5, 0.6) is 11.5 Å². The number of likely N-dealkylation sites (tertiary alicyclic amines) is 1. The zero-order chi connectivity index (χ0) is 28.1. The van der Waals surface area contributed by atoms with Crippen LogP contribution in [0.1, 0.15) is 34.7 Å². The van der Waals surface area contributed by atoms with Crippen LogP contribution in [0.4, 0.5) is 0 Å². The van der Waals surface area contributed by atoms with E-state index < -0.39 is 17.7 Å². The Hall–Kier alpha value is -4.14. The summed E-state index contributed by atoms with van der Waals surface area (Å²) in [5.74, 6) is -1.01. The van der Waals surface area contributed by atoms with Crippen LogP contribution in [0.3, 0.4) is 0 Å². The van der Waals surface area contributed by atoms with Crippen molar-refractivity contribution in [2.75, 3.05) is 39.4 Å². The highest BCUT2D eigenvalue weighted by atomic mass is 16.5. The summed E-state index contributed by atoms with van der Waals surface area (Å²) < 4.78 is 11.3. The first-order valence-electron chi connectivity index (χ1n) is 13.6. The molecule has 40 heavy (non-hydrogen) atoms. The molecule has 8 nitrogen and oxygen atoms in total. The molecule has 2 saturated heterocycles. The van der Waals surface area contributed by atoms with Crippen LogP contribution < -0.4 is 4.74 Å². The largest absolute Gasteiger partial charge is 0.508 e. The molecule has 1 atom stereocenters. The van der Waals surface area contributed by atoms with Gasteiger partial charge in [0.2, 0.25) is 0 Å². The molecule has 0 aliphatic carbocycles.